The Labute approximate surface area is 111 Å². The molecule has 2 N–H and O–H groups in total. The van der Waals surface area contributed by atoms with Gasteiger partial charge >= 0.3 is 0 Å². The molecule has 6 nitrogen and oxygen atoms in total. The van der Waals surface area contributed by atoms with E-state index >= 15 is 0 Å². The molecule has 100 valence electrons. The molecule has 18 heavy (non-hydrogen) atoms. The fraction of sp³-hybridized carbons (Fsp3) is 0.545. The minimum absolute atomic E-state index is 0.166. The van der Waals surface area contributed by atoms with Gasteiger partial charge in [-0.2, -0.15) is 0 Å². The molecule has 1 aromatic rings. The molecule has 0 saturated heterocycles. The maximum absolute atomic E-state index is 5.50. The van der Waals surface area contributed by atoms with Crippen LogP contribution in [0.2, 0.25) is 0 Å². The number of nitrogens with two attached hydrogens (primary N) is 1. The highest BCUT2D eigenvalue weighted by Crippen LogP contribution is 2.10. The number of aromatic nitrogens is 2. The van der Waals surface area contributed by atoms with E-state index in [-0.39, 0.29) is 4.99 Å². The predicted octanol–water partition coefficient (Wildman–Crippen LogP) is 0.543. The summed E-state index contributed by atoms with van der Waals surface area (Å²) in [4.78, 5) is 8.19. The number of ether oxygens (including phenoxy) is 3. The molecule has 1 heterocycles. The van der Waals surface area contributed by atoms with E-state index in [1.54, 1.807) is 7.11 Å². The van der Waals surface area contributed by atoms with Crippen LogP contribution in [0.25, 0.3) is 0 Å². The zero-order chi connectivity index (χ0) is 13.2. The molecule has 0 saturated carbocycles. The van der Waals surface area contributed by atoms with E-state index in [1.807, 2.05) is 0 Å². The predicted molar refractivity (Wildman–Crippen MR) is 70.7 cm³/mol. The summed E-state index contributed by atoms with van der Waals surface area (Å²) in [6.45, 7) is 2.18. The molecule has 0 aliphatic heterocycles. The Bertz CT molecular complexity index is 376. The van der Waals surface area contributed by atoms with E-state index in [4.69, 9.17) is 32.2 Å². The number of hydrogen-bond donors (Lipinski definition) is 1. The average molecular weight is 271 g/mol. The fourth-order valence-electron chi connectivity index (χ4n) is 1.20. The zero-order valence-electron chi connectivity index (χ0n) is 10.3. The summed E-state index contributed by atoms with van der Waals surface area (Å²) in [5.74, 6) is 0.338. The van der Waals surface area contributed by atoms with Crippen molar-refractivity contribution in [1.82, 2.24) is 9.97 Å². The number of methoxy groups -OCH3 is 1. The van der Waals surface area contributed by atoms with Crippen LogP contribution in [0.5, 0.6) is 5.88 Å². The monoisotopic (exact) mass is 271 g/mol. The van der Waals surface area contributed by atoms with Crippen LogP contribution in [0.15, 0.2) is 12.4 Å². The first kappa shape index (κ1) is 14.7. The van der Waals surface area contributed by atoms with Gasteiger partial charge in [0, 0.05) is 32.7 Å². The van der Waals surface area contributed by atoms with Crippen molar-refractivity contribution in [3.05, 3.63) is 18.1 Å². The third-order valence-corrected chi connectivity index (χ3v) is 2.19. The second-order valence-electron chi connectivity index (χ2n) is 3.38. The van der Waals surface area contributed by atoms with E-state index in [0.717, 1.165) is 6.42 Å². The lowest BCUT2D eigenvalue weighted by atomic mass is 10.4. The van der Waals surface area contributed by atoms with Gasteiger partial charge in [0.1, 0.15) is 11.6 Å². The highest BCUT2D eigenvalue weighted by molar-refractivity contribution is 7.80. The van der Waals surface area contributed by atoms with Gasteiger partial charge in [-0.25, -0.2) is 9.97 Å². The van der Waals surface area contributed by atoms with Crippen LogP contribution in [-0.4, -0.2) is 48.5 Å². The highest BCUT2D eigenvalue weighted by Gasteiger charge is 2.08. The van der Waals surface area contributed by atoms with Gasteiger partial charge in [0.15, 0.2) is 5.69 Å². The lowest BCUT2D eigenvalue weighted by Crippen LogP contribution is -2.16. The molecule has 0 atom stereocenters. The van der Waals surface area contributed by atoms with Crippen molar-refractivity contribution in [2.24, 2.45) is 5.73 Å². The Kier molecular flexibility index (Phi) is 7.16. The number of thiocarbonyl (C=S) groups is 1. The smallest absolute Gasteiger partial charge is 0.243 e. The average Bonchev–Trinajstić information content (AvgIpc) is 2.38. The highest BCUT2D eigenvalue weighted by atomic mass is 32.1. The van der Waals surface area contributed by atoms with Crippen LogP contribution in [0.3, 0.4) is 0 Å². The minimum atomic E-state index is 0.166. The summed E-state index contributed by atoms with van der Waals surface area (Å²) in [5, 5.41) is 0. The topological polar surface area (TPSA) is 79.5 Å². The van der Waals surface area contributed by atoms with Crippen molar-refractivity contribution in [3.63, 3.8) is 0 Å². The Morgan fingerprint density at radius 3 is 2.72 bits per heavy atom. The summed E-state index contributed by atoms with van der Waals surface area (Å²) in [5.41, 5.74) is 5.90. The Morgan fingerprint density at radius 1 is 1.22 bits per heavy atom. The maximum Gasteiger partial charge on any atom is 0.243 e. The van der Waals surface area contributed by atoms with Crippen molar-refractivity contribution >= 4 is 17.2 Å². The second kappa shape index (κ2) is 8.73. The van der Waals surface area contributed by atoms with Gasteiger partial charge < -0.3 is 19.9 Å². The van der Waals surface area contributed by atoms with Gasteiger partial charge in [0.05, 0.1) is 6.61 Å². The molecule has 0 aromatic carbocycles. The zero-order valence-corrected chi connectivity index (χ0v) is 11.1. The van der Waals surface area contributed by atoms with E-state index in [0.29, 0.717) is 38.0 Å². The van der Waals surface area contributed by atoms with Gasteiger partial charge in [0.25, 0.3) is 0 Å². The normalized spacial score (nSPS) is 10.3. The quantitative estimate of drug-likeness (QED) is 0.518. The molecule has 1 aromatic heterocycles. The van der Waals surface area contributed by atoms with E-state index in [2.05, 4.69) is 9.97 Å². The van der Waals surface area contributed by atoms with E-state index in [1.165, 1.54) is 12.4 Å². The molecular formula is C11H17N3O3S. The van der Waals surface area contributed by atoms with Crippen LogP contribution >= 0.6 is 12.2 Å². The molecule has 0 amide bonds. The van der Waals surface area contributed by atoms with E-state index in [9.17, 15) is 0 Å². The molecule has 0 fully saturated rings. The first-order valence-corrected chi connectivity index (χ1v) is 5.97. The molecule has 0 aliphatic carbocycles. The van der Waals surface area contributed by atoms with Gasteiger partial charge in [-0.05, 0) is 6.42 Å². The number of rotatable bonds is 9. The summed E-state index contributed by atoms with van der Waals surface area (Å²) >= 11 is 4.85. The summed E-state index contributed by atoms with van der Waals surface area (Å²) in [7, 11) is 1.66. The molecule has 7 heteroatoms. The SMILES string of the molecule is COCCCOCCOc1nccnc1C(N)=S. The second-order valence-corrected chi connectivity index (χ2v) is 3.82. The van der Waals surface area contributed by atoms with E-state index < -0.39 is 0 Å². The standard InChI is InChI=1S/C11H17N3O3S/c1-15-5-2-6-16-7-8-17-11-9(10(12)18)13-3-4-14-11/h3-4H,2,5-8H2,1H3,(H2,12,18). The van der Waals surface area contributed by atoms with Crippen molar-refractivity contribution in [1.29, 1.82) is 0 Å². The van der Waals surface area contributed by atoms with Crippen LogP contribution in [0.4, 0.5) is 0 Å². The lowest BCUT2D eigenvalue weighted by Gasteiger charge is -2.08. The summed E-state index contributed by atoms with van der Waals surface area (Å²) < 4.78 is 15.7. The van der Waals surface area contributed by atoms with Crippen LogP contribution in [0, 0.1) is 0 Å². The largest absolute Gasteiger partial charge is 0.474 e. The first-order chi connectivity index (χ1) is 8.75. The maximum atomic E-state index is 5.50. The van der Waals surface area contributed by atoms with Gasteiger partial charge in [0.2, 0.25) is 5.88 Å². The number of nitrogens with zero attached hydrogens (tertiary/aromatic N) is 2. The molecular weight excluding hydrogens is 254 g/mol. The van der Waals surface area contributed by atoms with Crippen molar-refractivity contribution in [2.45, 2.75) is 6.42 Å². The molecule has 0 spiro atoms. The van der Waals surface area contributed by atoms with Crippen molar-refractivity contribution in [3.8, 4) is 5.88 Å². The van der Waals surface area contributed by atoms with Crippen LogP contribution < -0.4 is 10.5 Å². The minimum Gasteiger partial charge on any atom is -0.474 e. The Hall–Kier alpha value is -1.31. The fourth-order valence-corrected chi connectivity index (χ4v) is 1.34. The molecule has 0 aliphatic rings. The van der Waals surface area contributed by atoms with Crippen molar-refractivity contribution < 1.29 is 14.2 Å². The van der Waals surface area contributed by atoms with Crippen LogP contribution in [-0.2, 0) is 9.47 Å². The van der Waals surface area contributed by atoms with Crippen molar-refractivity contribution in [2.75, 3.05) is 33.5 Å². The Balaban J connectivity index is 2.25. The van der Waals surface area contributed by atoms with Crippen LogP contribution in [0.1, 0.15) is 12.1 Å². The number of hydrogen-bond acceptors (Lipinski definition) is 6. The summed E-state index contributed by atoms with van der Waals surface area (Å²) in [6.07, 6.45) is 3.90. The Morgan fingerprint density at radius 2 is 2.00 bits per heavy atom. The molecule has 0 bridgehead atoms. The van der Waals surface area contributed by atoms with Gasteiger partial charge in [-0.1, -0.05) is 12.2 Å². The van der Waals surface area contributed by atoms with Gasteiger partial charge in [-0.15, -0.1) is 0 Å². The molecule has 1 rings (SSSR count). The summed E-state index contributed by atoms with van der Waals surface area (Å²) in [6, 6.07) is 0. The molecule has 0 unspecified atom stereocenters. The lowest BCUT2D eigenvalue weighted by molar-refractivity contribution is 0.0794. The molecule has 0 radical (unpaired) electrons. The third-order valence-electron chi connectivity index (χ3n) is 2.00. The first-order valence-electron chi connectivity index (χ1n) is 5.56. The van der Waals surface area contributed by atoms with Gasteiger partial charge in [-0.3, -0.25) is 0 Å². The third kappa shape index (κ3) is 5.35.